The highest BCUT2D eigenvalue weighted by molar-refractivity contribution is 5.70. The Morgan fingerprint density at radius 3 is 2.67 bits per heavy atom. The first kappa shape index (κ1) is 20.8. The molecule has 0 amide bonds. The lowest BCUT2D eigenvalue weighted by Crippen LogP contribution is -2.70. The van der Waals surface area contributed by atoms with E-state index >= 15 is 0 Å². The van der Waals surface area contributed by atoms with Crippen LogP contribution in [0.2, 0.25) is 0 Å². The van der Waals surface area contributed by atoms with Gasteiger partial charge in [-0.3, -0.25) is 4.79 Å². The van der Waals surface area contributed by atoms with Crippen molar-refractivity contribution in [1.82, 2.24) is 0 Å². The number of hydrogen-bond donors (Lipinski definition) is 3. The maximum Gasteiger partial charge on any atom is 0.306 e. The minimum absolute atomic E-state index is 0.0665. The molecule has 0 radical (unpaired) electrons. The summed E-state index contributed by atoms with van der Waals surface area (Å²) in [5.74, 6) is -0.595. The van der Waals surface area contributed by atoms with Crippen molar-refractivity contribution < 1.29 is 29.6 Å². The second kappa shape index (κ2) is 7.14. The monoisotopic (exact) mass is 382 g/mol. The molecule has 6 atom stereocenters. The summed E-state index contributed by atoms with van der Waals surface area (Å²) in [5.41, 5.74) is -2.55. The molecule has 154 valence electrons. The molecule has 1 aliphatic heterocycles. The van der Waals surface area contributed by atoms with E-state index in [1.807, 2.05) is 0 Å². The molecule has 3 N–H and O–H groups in total. The van der Waals surface area contributed by atoms with Crippen molar-refractivity contribution in [2.45, 2.75) is 90.3 Å². The van der Waals surface area contributed by atoms with E-state index in [0.29, 0.717) is 18.4 Å². The highest BCUT2D eigenvalue weighted by atomic mass is 16.6. The summed E-state index contributed by atoms with van der Waals surface area (Å²) in [6.45, 7) is 8.10. The van der Waals surface area contributed by atoms with E-state index in [0.717, 1.165) is 25.7 Å². The van der Waals surface area contributed by atoms with Gasteiger partial charge in [0.25, 0.3) is 0 Å². The predicted molar refractivity (Wildman–Crippen MR) is 99.6 cm³/mol. The first-order chi connectivity index (χ1) is 12.6. The first-order valence-corrected chi connectivity index (χ1v) is 10.2. The van der Waals surface area contributed by atoms with Crippen LogP contribution in [0.25, 0.3) is 0 Å². The molecule has 0 aromatic carbocycles. The van der Waals surface area contributed by atoms with Crippen LogP contribution >= 0.6 is 0 Å². The van der Waals surface area contributed by atoms with Gasteiger partial charge in [0.1, 0.15) is 11.7 Å². The topological polar surface area (TPSA) is 96.2 Å². The number of unbranched alkanes of at least 4 members (excludes halogenated alkanes) is 2. The number of esters is 1. The van der Waals surface area contributed by atoms with E-state index in [-0.39, 0.29) is 23.9 Å². The van der Waals surface area contributed by atoms with Gasteiger partial charge in [-0.1, -0.05) is 40.5 Å². The van der Waals surface area contributed by atoms with Crippen LogP contribution in [0.3, 0.4) is 0 Å². The molecule has 1 saturated heterocycles. The molecule has 0 bridgehead atoms. The van der Waals surface area contributed by atoms with Crippen molar-refractivity contribution in [3.63, 3.8) is 0 Å². The minimum atomic E-state index is -1.68. The fourth-order valence-electron chi connectivity index (χ4n) is 5.73. The van der Waals surface area contributed by atoms with Gasteiger partial charge in [-0.25, -0.2) is 0 Å². The predicted octanol–water partition coefficient (Wildman–Crippen LogP) is 2.30. The summed E-state index contributed by atoms with van der Waals surface area (Å²) in [5, 5.41) is 32.9. The highest BCUT2D eigenvalue weighted by Gasteiger charge is 2.71. The van der Waals surface area contributed by atoms with Gasteiger partial charge in [0.15, 0.2) is 6.29 Å². The molecule has 0 aromatic heterocycles. The molecule has 0 spiro atoms. The standard InChI is InChI=1S/C21H34O6/c1-5-6-7-8-16(23)27-14-11-13-12-26-18(24)21(13,25)20(4)15(22)9-10-19(2,3)17(14)20/h11,14-15,17-18,22,24-25H,5-10,12H2,1-4H3. The van der Waals surface area contributed by atoms with Crippen LogP contribution in [0.5, 0.6) is 0 Å². The van der Waals surface area contributed by atoms with Gasteiger partial charge < -0.3 is 24.8 Å². The quantitative estimate of drug-likeness (QED) is 0.384. The smallest absolute Gasteiger partial charge is 0.306 e. The normalized spacial score (nSPS) is 42.9. The van der Waals surface area contributed by atoms with E-state index in [4.69, 9.17) is 9.47 Å². The molecule has 6 unspecified atom stereocenters. The highest BCUT2D eigenvalue weighted by Crippen LogP contribution is 2.63. The number of fused-ring (bicyclic) bond motifs is 3. The third kappa shape index (κ3) is 3.05. The average Bonchev–Trinajstić information content (AvgIpc) is 2.88. The van der Waals surface area contributed by atoms with Crippen molar-refractivity contribution in [3.8, 4) is 0 Å². The molecule has 1 saturated carbocycles. The molecule has 6 heteroatoms. The van der Waals surface area contributed by atoms with Gasteiger partial charge in [-0.15, -0.1) is 0 Å². The van der Waals surface area contributed by atoms with Gasteiger partial charge in [0.05, 0.1) is 12.7 Å². The Morgan fingerprint density at radius 1 is 1.30 bits per heavy atom. The summed E-state index contributed by atoms with van der Waals surface area (Å²) in [6, 6.07) is 0. The van der Waals surface area contributed by atoms with Crippen molar-refractivity contribution >= 4 is 5.97 Å². The van der Waals surface area contributed by atoms with Crippen molar-refractivity contribution in [1.29, 1.82) is 0 Å². The van der Waals surface area contributed by atoms with Gasteiger partial charge >= 0.3 is 5.97 Å². The third-order valence-corrected chi connectivity index (χ3v) is 7.25. The van der Waals surface area contributed by atoms with Crippen LogP contribution in [0.15, 0.2) is 11.6 Å². The SMILES string of the molecule is CCCCCC(=O)OC1C=C2COC(O)C2(O)C2(C)C(O)CCC(C)(C)C12. The lowest BCUT2D eigenvalue weighted by atomic mass is 9.45. The zero-order chi connectivity index (χ0) is 20.0. The second-order valence-electron chi connectivity index (χ2n) is 9.34. The van der Waals surface area contributed by atoms with E-state index in [9.17, 15) is 20.1 Å². The van der Waals surface area contributed by atoms with E-state index in [1.165, 1.54) is 0 Å². The Labute approximate surface area is 161 Å². The van der Waals surface area contributed by atoms with Crippen LogP contribution in [-0.2, 0) is 14.3 Å². The van der Waals surface area contributed by atoms with Crippen molar-refractivity contribution in [2.75, 3.05) is 6.61 Å². The largest absolute Gasteiger partial charge is 0.458 e. The molecular weight excluding hydrogens is 348 g/mol. The lowest BCUT2D eigenvalue weighted by Gasteiger charge is -2.62. The molecule has 3 rings (SSSR count). The summed E-state index contributed by atoms with van der Waals surface area (Å²) in [6.07, 6.45) is 3.38. The summed E-state index contributed by atoms with van der Waals surface area (Å²) < 4.78 is 11.2. The fraction of sp³-hybridized carbons (Fsp3) is 0.857. The molecule has 3 aliphatic rings. The Balaban J connectivity index is 1.99. The average molecular weight is 382 g/mol. The molecule has 2 fully saturated rings. The molecule has 27 heavy (non-hydrogen) atoms. The Morgan fingerprint density at radius 2 is 2.00 bits per heavy atom. The van der Waals surface area contributed by atoms with Gasteiger partial charge in [0.2, 0.25) is 0 Å². The molecule has 1 heterocycles. The summed E-state index contributed by atoms with van der Waals surface area (Å²) in [4.78, 5) is 12.4. The zero-order valence-electron chi connectivity index (χ0n) is 16.9. The van der Waals surface area contributed by atoms with Gasteiger partial charge in [-0.05, 0) is 36.3 Å². The number of rotatable bonds is 5. The molecule has 0 aromatic rings. The van der Waals surface area contributed by atoms with Gasteiger partial charge in [0, 0.05) is 17.8 Å². The Kier molecular flexibility index (Phi) is 5.49. The fourth-order valence-corrected chi connectivity index (χ4v) is 5.73. The first-order valence-electron chi connectivity index (χ1n) is 10.2. The number of carbonyl (C=O) groups is 1. The maximum absolute atomic E-state index is 12.4. The number of aliphatic hydroxyl groups excluding tert-OH is 2. The molecule has 6 nitrogen and oxygen atoms in total. The van der Waals surface area contributed by atoms with Crippen LogP contribution in [0.1, 0.15) is 66.2 Å². The van der Waals surface area contributed by atoms with Crippen LogP contribution in [0, 0.1) is 16.7 Å². The van der Waals surface area contributed by atoms with E-state index in [1.54, 1.807) is 13.0 Å². The van der Waals surface area contributed by atoms with Crippen LogP contribution in [0.4, 0.5) is 0 Å². The zero-order valence-corrected chi connectivity index (χ0v) is 16.9. The summed E-state index contributed by atoms with van der Waals surface area (Å²) >= 11 is 0. The molecule has 2 aliphatic carbocycles. The number of ether oxygens (including phenoxy) is 2. The number of hydrogen-bond acceptors (Lipinski definition) is 6. The van der Waals surface area contributed by atoms with E-state index in [2.05, 4.69) is 20.8 Å². The van der Waals surface area contributed by atoms with Crippen molar-refractivity contribution in [3.05, 3.63) is 11.6 Å². The maximum atomic E-state index is 12.4. The van der Waals surface area contributed by atoms with Crippen LogP contribution in [-0.4, -0.2) is 52.0 Å². The Bertz CT molecular complexity index is 614. The minimum Gasteiger partial charge on any atom is -0.458 e. The molecular formula is C21H34O6. The third-order valence-electron chi connectivity index (χ3n) is 7.25. The lowest BCUT2D eigenvalue weighted by molar-refractivity contribution is -0.272. The van der Waals surface area contributed by atoms with Crippen molar-refractivity contribution in [2.24, 2.45) is 16.7 Å². The van der Waals surface area contributed by atoms with E-state index < -0.39 is 29.5 Å². The second-order valence-corrected chi connectivity index (χ2v) is 9.34. The van der Waals surface area contributed by atoms with Gasteiger partial charge in [-0.2, -0.15) is 0 Å². The van der Waals surface area contributed by atoms with Crippen LogP contribution < -0.4 is 0 Å². The number of aliphatic hydroxyl groups is 3. The number of carbonyl (C=O) groups excluding carboxylic acids is 1. The summed E-state index contributed by atoms with van der Waals surface area (Å²) in [7, 11) is 0. The Hall–Kier alpha value is -0.950.